The maximum absolute atomic E-state index is 13.7. The van der Waals surface area contributed by atoms with Crippen molar-refractivity contribution in [2.45, 2.75) is 96.9 Å². The van der Waals surface area contributed by atoms with Crippen molar-refractivity contribution in [3.05, 3.63) is 57.1 Å². The Morgan fingerprint density at radius 3 is 2.69 bits per heavy atom. The van der Waals surface area contributed by atoms with Crippen molar-refractivity contribution < 1.29 is 46.9 Å². The van der Waals surface area contributed by atoms with Crippen molar-refractivity contribution in [3.8, 4) is 0 Å². The topological polar surface area (TPSA) is 87.2 Å². The number of rotatable bonds is 7. The molecule has 3 aliphatic rings. The molecule has 0 amide bonds. The van der Waals surface area contributed by atoms with Gasteiger partial charge in [0, 0.05) is 60.9 Å². The zero-order valence-electron chi connectivity index (χ0n) is 24.8. The van der Waals surface area contributed by atoms with E-state index in [1.54, 1.807) is 6.07 Å². The maximum Gasteiger partial charge on any atom is 0.316 e. The van der Waals surface area contributed by atoms with Crippen LogP contribution >= 0.6 is 0 Å². The van der Waals surface area contributed by atoms with E-state index in [0.717, 1.165) is 106 Å². The zero-order valence-corrected chi connectivity index (χ0v) is 27.0. The quantitative estimate of drug-likeness (QED) is 0.215. The number of halogens is 2. The number of carbonyl (C=O) groups excluding carboxylic acids is 1. The number of aryl methyl sites for hydroxylation is 2. The third kappa shape index (κ3) is 6.16. The lowest BCUT2D eigenvalue weighted by Crippen LogP contribution is -3.00. The van der Waals surface area contributed by atoms with Gasteiger partial charge in [-0.2, -0.15) is 0 Å². The van der Waals surface area contributed by atoms with Gasteiger partial charge < -0.3 is 33.2 Å². The normalized spacial score (nSPS) is 23.6. The number of aromatic nitrogens is 3. The smallest absolute Gasteiger partial charge is 0.316 e. The van der Waals surface area contributed by atoms with Crippen LogP contribution in [0, 0.1) is 18.2 Å². The Morgan fingerprint density at radius 2 is 1.93 bits per heavy atom. The van der Waals surface area contributed by atoms with Gasteiger partial charge in [0.1, 0.15) is 11.6 Å². The number of piperidine rings is 1. The Bertz CT molecular complexity index is 1490. The summed E-state index contributed by atoms with van der Waals surface area (Å²) in [6, 6.07) is 4.58. The molecule has 42 heavy (non-hydrogen) atoms. The van der Waals surface area contributed by atoms with Gasteiger partial charge in [0.25, 0.3) is 5.56 Å². The van der Waals surface area contributed by atoms with E-state index in [9.17, 15) is 14.0 Å². The van der Waals surface area contributed by atoms with E-state index in [4.69, 9.17) is 14.2 Å². The van der Waals surface area contributed by atoms with Crippen molar-refractivity contribution in [2.75, 3.05) is 26.4 Å². The highest BCUT2D eigenvalue weighted by Crippen LogP contribution is 2.38. The number of carbonyl (C=O) groups is 1. The van der Waals surface area contributed by atoms with Crippen LogP contribution in [-0.2, 0) is 28.9 Å². The second-order valence-electron chi connectivity index (χ2n) is 12.9. The summed E-state index contributed by atoms with van der Waals surface area (Å²) in [6.45, 7) is 7.34. The summed E-state index contributed by atoms with van der Waals surface area (Å²) < 4.78 is 27.8. The molecular weight excluding hydrogens is 650 g/mol. The first kappa shape index (κ1) is 31.1. The minimum Gasteiger partial charge on any atom is -1.00 e. The molecule has 0 atom stereocenters. The van der Waals surface area contributed by atoms with E-state index < -0.39 is 5.41 Å². The molecule has 2 aliphatic heterocycles. The Hall–Kier alpha value is -2.34. The van der Waals surface area contributed by atoms with Gasteiger partial charge in [-0.1, -0.05) is 24.4 Å². The Kier molecular flexibility index (Phi) is 9.42. The monoisotopic (exact) mass is 692 g/mol. The molecule has 1 saturated carbocycles. The number of fused-ring (bicyclic) bond motifs is 2. The summed E-state index contributed by atoms with van der Waals surface area (Å²) in [4.78, 5) is 31.6. The first-order chi connectivity index (χ1) is 19.8. The number of nitrogens with zero attached hydrogens (tertiary/aromatic N) is 4. The van der Waals surface area contributed by atoms with Gasteiger partial charge in [-0.3, -0.25) is 18.6 Å². The summed E-state index contributed by atoms with van der Waals surface area (Å²) >= 11 is 0. The minimum atomic E-state index is -0.409. The SMILES string of the molecule is Cc1nc2n(c(=O)c1CC[N+]1(COC(=O)C3(C)CCCCC3)CCC(c3noc4cc(F)ccc34)CC1)CCCC2.[I-]. The minimum absolute atomic E-state index is 0. The Labute approximate surface area is 263 Å². The lowest BCUT2D eigenvalue weighted by atomic mass is 9.76. The zero-order chi connectivity index (χ0) is 28.6. The summed E-state index contributed by atoms with van der Waals surface area (Å²) in [5, 5.41) is 5.18. The molecule has 228 valence electrons. The highest BCUT2D eigenvalue weighted by Gasteiger charge is 2.41. The van der Waals surface area contributed by atoms with E-state index in [2.05, 4.69) is 5.16 Å². The number of quaternary nitrogens is 1. The fraction of sp³-hybridized carbons (Fsp3) is 0.625. The van der Waals surface area contributed by atoms with Gasteiger partial charge in [0.15, 0.2) is 5.58 Å². The van der Waals surface area contributed by atoms with E-state index in [1.165, 1.54) is 18.6 Å². The summed E-state index contributed by atoms with van der Waals surface area (Å²) in [7, 11) is 0. The number of hydrogen-bond acceptors (Lipinski definition) is 6. The van der Waals surface area contributed by atoms with Crippen LogP contribution in [0.25, 0.3) is 11.0 Å². The van der Waals surface area contributed by atoms with Crippen molar-refractivity contribution in [2.24, 2.45) is 5.41 Å². The lowest BCUT2D eigenvalue weighted by molar-refractivity contribution is -0.948. The Balaban J connectivity index is 0.00000353. The Morgan fingerprint density at radius 1 is 1.17 bits per heavy atom. The molecule has 0 bridgehead atoms. The molecule has 4 heterocycles. The van der Waals surface area contributed by atoms with E-state index in [-0.39, 0.29) is 47.2 Å². The molecule has 0 N–H and O–H groups in total. The predicted molar refractivity (Wildman–Crippen MR) is 153 cm³/mol. The van der Waals surface area contributed by atoms with E-state index in [1.807, 2.05) is 18.4 Å². The number of hydrogen-bond donors (Lipinski definition) is 0. The predicted octanol–water partition coefficient (Wildman–Crippen LogP) is 2.58. The fourth-order valence-corrected chi connectivity index (χ4v) is 7.31. The molecule has 3 aromatic rings. The van der Waals surface area contributed by atoms with Gasteiger partial charge in [-0.15, -0.1) is 0 Å². The number of likely N-dealkylation sites (tertiary alicyclic amines) is 1. The third-order valence-electron chi connectivity index (χ3n) is 10.1. The number of benzene rings is 1. The largest absolute Gasteiger partial charge is 1.00 e. The van der Waals surface area contributed by atoms with Gasteiger partial charge in [0.2, 0.25) is 6.73 Å². The van der Waals surface area contributed by atoms with Crippen molar-refractivity contribution in [3.63, 3.8) is 0 Å². The first-order valence-corrected chi connectivity index (χ1v) is 15.4. The number of esters is 1. The summed E-state index contributed by atoms with van der Waals surface area (Å²) in [6.07, 6.45) is 10.3. The van der Waals surface area contributed by atoms with Crippen molar-refractivity contribution in [1.29, 1.82) is 0 Å². The molecule has 0 unspecified atom stereocenters. The van der Waals surface area contributed by atoms with Gasteiger partial charge in [-0.25, -0.2) is 9.37 Å². The van der Waals surface area contributed by atoms with Gasteiger partial charge in [0.05, 0.1) is 30.7 Å². The molecule has 1 saturated heterocycles. The number of ether oxygens (including phenoxy) is 1. The molecule has 6 rings (SSSR count). The second kappa shape index (κ2) is 12.7. The third-order valence-corrected chi connectivity index (χ3v) is 10.1. The standard InChI is InChI=1S/C32H42FN4O4.HI/c1-22-25(30(38)36-16-7-4-8-28(36)34-22)13-19-37(21-40-31(39)32(2)14-5-3-6-15-32)17-11-23(12-18-37)29-26-10-9-24(33)20-27(26)41-35-29;/h9-10,20,23H,3-8,11-19,21H2,1-2H3;1H/q+1;/p-1. The van der Waals surface area contributed by atoms with Gasteiger partial charge in [-0.05, 0) is 51.7 Å². The molecule has 2 fully saturated rings. The highest BCUT2D eigenvalue weighted by molar-refractivity contribution is 5.80. The summed E-state index contributed by atoms with van der Waals surface area (Å²) in [5.74, 6) is 0.655. The van der Waals surface area contributed by atoms with Crippen LogP contribution < -0.4 is 29.5 Å². The summed E-state index contributed by atoms with van der Waals surface area (Å²) in [5.41, 5.74) is 2.63. The van der Waals surface area contributed by atoms with Crippen LogP contribution in [0.5, 0.6) is 0 Å². The fourth-order valence-electron chi connectivity index (χ4n) is 7.31. The van der Waals surface area contributed by atoms with Crippen LogP contribution in [0.4, 0.5) is 4.39 Å². The van der Waals surface area contributed by atoms with Gasteiger partial charge >= 0.3 is 5.97 Å². The van der Waals surface area contributed by atoms with Crippen molar-refractivity contribution >= 4 is 16.9 Å². The van der Waals surface area contributed by atoms with Crippen LogP contribution in [0.15, 0.2) is 27.5 Å². The lowest BCUT2D eigenvalue weighted by Gasteiger charge is -2.43. The van der Waals surface area contributed by atoms with E-state index in [0.29, 0.717) is 29.8 Å². The molecule has 1 aromatic carbocycles. The first-order valence-electron chi connectivity index (χ1n) is 15.4. The molecule has 10 heteroatoms. The van der Waals surface area contributed by atoms with E-state index >= 15 is 0 Å². The molecule has 1 aliphatic carbocycles. The molecule has 0 radical (unpaired) electrons. The van der Waals surface area contributed by atoms with Crippen LogP contribution in [0.1, 0.15) is 93.4 Å². The average molecular weight is 693 g/mol. The average Bonchev–Trinajstić information content (AvgIpc) is 3.39. The highest BCUT2D eigenvalue weighted by atomic mass is 127. The van der Waals surface area contributed by atoms with Crippen LogP contribution in [-0.4, -0.2) is 51.5 Å². The molecule has 2 aromatic heterocycles. The second-order valence-corrected chi connectivity index (χ2v) is 12.9. The van der Waals surface area contributed by atoms with Crippen LogP contribution in [0.3, 0.4) is 0 Å². The van der Waals surface area contributed by atoms with Crippen LogP contribution in [0.2, 0.25) is 0 Å². The molecule has 0 spiro atoms. The maximum atomic E-state index is 13.7. The van der Waals surface area contributed by atoms with Crippen molar-refractivity contribution in [1.82, 2.24) is 14.7 Å². The molecule has 8 nitrogen and oxygen atoms in total. The molecular formula is C32H42FIN4O4.